The molecule has 4 nitrogen and oxygen atoms in total. The highest BCUT2D eigenvalue weighted by Gasteiger charge is 1.99. The Morgan fingerprint density at radius 1 is 1.00 bits per heavy atom. The van der Waals surface area contributed by atoms with Crippen LogP contribution in [0.3, 0.4) is 0 Å². The first-order valence-electron chi connectivity index (χ1n) is 4.36. The van der Waals surface area contributed by atoms with E-state index in [2.05, 4.69) is 9.97 Å². The summed E-state index contributed by atoms with van der Waals surface area (Å²) < 4.78 is 0. The zero-order chi connectivity index (χ0) is 10.7. The quantitative estimate of drug-likeness (QED) is 0.706. The Balaban J connectivity index is 2.36. The van der Waals surface area contributed by atoms with Gasteiger partial charge < -0.3 is 9.90 Å². The van der Waals surface area contributed by atoms with Crippen molar-refractivity contribution in [1.82, 2.24) is 9.97 Å². The zero-order valence-corrected chi connectivity index (χ0v) is 7.75. The van der Waals surface area contributed by atoms with Crippen molar-refractivity contribution >= 4 is 5.97 Å². The summed E-state index contributed by atoms with van der Waals surface area (Å²) in [6, 6.07) is 9.48. The molecule has 0 aliphatic heterocycles. The molecule has 0 saturated carbocycles. The van der Waals surface area contributed by atoms with E-state index in [1.54, 1.807) is 0 Å². The number of benzene rings is 1. The normalized spacial score (nSPS) is 9.87. The summed E-state index contributed by atoms with van der Waals surface area (Å²) in [5, 5.41) is 10.4. The van der Waals surface area contributed by atoms with Gasteiger partial charge in [0, 0.05) is 18.0 Å². The minimum absolute atomic E-state index is 0.297. The lowest BCUT2D eigenvalue weighted by Gasteiger charge is -2.02. The average molecular weight is 199 g/mol. The maximum atomic E-state index is 10.4. The van der Waals surface area contributed by atoms with Gasteiger partial charge in [-0.25, -0.2) is 9.97 Å². The highest BCUT2D eigenvalue weighted by Crippen LogP contribution is 2.15. The molecule has 0 aliphatic carbocycles. The molecular weight excluding hydrogens is 192 g/mol. The number of carbonyl (C=O) groups excluding carboxylic acids is 1. The predicted molar refractivity (Wildman–Crippen MR) is 51.8 cm³/mol. The number of hydrogen-bond acceptors (Lipinski definition) is 4. The van der Waals surface area contributed by atoms with E-state index in [4.69, 9.17) is 0 Å². The molecule has 1 aromatic carbocycles. The molecule has 0 saturated heterocycles. The fourth-order valence-electron chi connectivity index (χ4n) is 1.21. The molecule has 0 fully saturated rings. The molecular formula is C11H7N2O2-. The van der Waals surface area contributed by atoms with E-state index >= 15 is 0 Å². The first kappa shape index (κ1) is 9.33. The van der Waals surface area contributed by atoms with E-state index < -0.39 is 5.97 Å². The molecule has 4 heteroatoms. The van der Waals surface area contributed by atoms with Crippen molar-refractivity contribution in [3.63, 3.8) is 0 Å². The van der Waals surface area contributed by atoms with Gasteiger partial charge in [-0.2, -0.15) is 0 Å². The predicted octanol–water partition coefficient (Wildman–Crippen LogP) is 0.507. The Bertz CT molecular complexity index is 466. The molecule has 0 N–H and O–H groups in total. The molecule has 0 atom stereocenters. The molecule has 0 bridgehead atoms. The van der Waals surface area contributed by atoms with Crippen LogP contribution in [0, 0.1) is 0 Å². The third-order valence-corrected chi connectivity index (χ3v) is 1.94. The summed E-state index contributed by atoms with van der Waals surface area (Å²) in [7, 11) is 0. The fraction of sp³-hybridized carbons (Fsp3) is 0. The number of carbonyl (C=O) groups is 1. The van der Waals surface area contributed by atoms with Crippen LogP contribution in [0.5, 0.6) is 0 Å². The van der Waals surface area contributed by atoms with E-state index in [9.17, 15) is 9.90 Å². The summed E-state index contributed by atoms with van der Waals surface area (Å²) in [4.78, 5) is 17.8. The average Bonchev–Trinajstić information content (AvgIpc) is 2.30. The monoisotopic (exact) mass is 199 g/mol. The number of carboxylic acids is 1. The van der Waals surface area contributed by atoms with Crippen molar-refractivity contribution in [1.29, 1.82) is 0 Å². The van der Waals surface area contributed by atoms with E-state index in [0.717, 1.165) is 11.1 Å². The summed E-state index contributed by atoms with van der Waals surface area (Å²) in [5.74, 6) is -1.66. The topological polar surface area (TPSA) is 65.9 Å². The molecule has 1 heterocycles. The summed E-state index contributed by atoms with van der Waals surface area (Å²) in [6.45, 7) is 0. The third-order valence-electron chi connectivity index (χ3n) is 1.94. The van der Waals surface area contributed by atoms with Crippen molar-refractivity contribution in [2.75, 3.05) is 0 Å². The van der Waals surface area contributed by atoms with Gasteiger partial charge in [0.2, 0.25) is 0 Å². The number of nitrogens with zero attached hydrogens (tertiary/aromatic N) is 2. The van der Waals surface area contributed by atoms with Crippen LogP contribution in [0.4, 0.5) is 0 Å². The van der Waals surface area contributed by atoms with E-state index in [1.165, 1.54) is 12.4 Å². The van der Waals surface area contributed by atoms with Crippen LogP contribution >= 0.6 is 0 Å². The Morgan fingerprint density at radius 2 is 1.60 bits per heavy atom. The minimum Gasteiger partial charge on any atom is -0.542 e. The minimum atomic E-state index is -1.37. The number of carboxylic acid groups (broad SMARTS) is 1. The standard InChI is InChI=1S/C11H8N2O2/c14-11(15)10-12-6-9(7-13-10)8-4-2-1-3-5-8/h1-7H,(H,14,15)/p-1. The van der Waals surface area contributed by atoms with Gasteiger partial charge in [0.05, 0.1) is 0 Å². The van der Waals surface area contributed by atoms with Crippen molar-refractivity contribution in [2.24, 2.45) is 0 Å². The second kappa shape index (κ2) is 3.88. The van der Waals surface area contributed by atoms with Crippen LogP contribution in [-0.2, 0) is 0 Å². The maximum absolute atomic E-state index is 10.4. The van der Waals surface area contributed by atoms with Crippen LogP contribution in [-0.4, -0.2) is 15.9 Å². The van der Waals surface area contributed by atoms with Crippen LogP contribution in [0.1, 0.15) is 10.6 Å². The van der Waals surface area contributed by atoms with Crippen LogP contribution < -0.4 is 5.11 Å². The number of hydrogen-bond donors (Lipinski definition) is 0. The lowest BCUT2D eigenvalue weighted by molar-refractivity contribution is -0.256. The van der Waals surface area contributed by atoms with Gasteiger partial charge >= 0.3 is 0 Å². The zero-order valence-electron chi connectivity index (χ0n) is 7.75. The number of rotatable bonds is 2. The van der Waals surface area contributed by atoms with Crippen LogP contribution in [0.25, 0.3) is 11.1 Å². The highest BCUT2D eigenvalue weighted by molar-refractivity contribution is 5.81. The maximum Gasteiger partial charge on any atom is 0.175 e. The number of aromatic nitrogens is 2. The molecule has 74 valence electrons. The SMILES string of the molecule is O=C([O-])c1ncc(-c2ccccc2)cn1. The largest absolute Gasteiger partial charge is 0.542 e. The summed E-state index contributed by atoms with van der Waals surface area (Å²) in [6.07, 6.45) is 2.93. The van der Waals surface area contributed by atoms with Crippen LogP contribution in [0.15, 0.2) is 42.7 Å². The van der Waals surface area contributed by atoms with Crippen molar-refractivity contribution in [3.8, 4) is 11.1 Å². The molecule has 0 spiro atoms. The second-order valence-corrected chi connectivity index (χ2v) is 2.95. The van der Waals surface area contributed by atoms with Gasteiger partial charge in [-0.15, -0.1) is 0 Å². The third kappa shape index (κ3) is 1.99. The van der Waals surface area contributed by atoms with Crippen LogP contribution in [0.2, 0.25) is 0 Å². The Hall–Kier alpha value is -2.23. The molecule has 15 heavy (non-hydrogen) atoms. The number of aromatic carboxylic acids is 1. The molecule has 0 amide bonds. The first-order valence-corrected chi connectivity index (χ1v) is 4.36. The Labute approximate surface area is 86.2 Å². The van der Waals surface area contributed by atoms with Gasteiger partial charge in [-0.05, 0) is 5.56 Å². The van der Waals surface area contributed by atoms with Gasteiger partial charge in [-0.3, -0.25) is 0 Å². The highest BCUT2D eigenvalue weighted by atomic mass is 16.4. The molecule has 2 rings (SSSR count). The Kier molecular flexibility index (Phi) is 2.41. The van der Waals surface area contributed by atoms with Gasteiger partial charge in [0.25, 0.3) is 0 Å². The van der Waals surface area contributed by atoms with E-state index in [1.807, 2.05) is 30.3 Å². The van der Waals surface area contributed by atoms with E-state index in [0.29, 0.717) is 0 Å². The van der Waals surface area contributed by atoms with Gasteiger partial charge in [-0.1, -0.05) is 30.3 Å². The Morgan fingerprint density at radius 3 is 2.13 bits per heavy atom. The first-order chi connectivity index (χ1) is 7.27. The molecule has 1 aromatic heterocycles. The molecule has 0 aliphatic rings. The van der Waals surface area contributed by atoms with Crippen molar-refractivity contribution in [3.05, 3.63) is 48.5 Å². The molecule has 2 aromatic rings. The fourth-order valence-corrected chi connectivity index (χ4v) is 1.21. The van der Waals surface area contributed by atoms with Gasteiger partial charge in [0.15, 0.2) is 5.82 Å². The van der Waals surface area contributed by atoms with Crippen molar-refractivity contribution in [2.45, 2.75) is 0 Å². The lowest BCUT2D eigenvalue weighted by Crippen LogP contribution is -2.24. The second-order valence-electron chi connectivity index (χ2n) is 2.95. The van der Waals surface area contributed by atoms with Gasteiger partial charge in [0.1, 0.15) is 5.97 Å². The molecule has 0 unspecified atom stereocenters. The van der Waals surface area contributed by atoms with Crippen molar-refractivity contribution < 1.29 is 9.90 Å². The smallest absolute Gasteiger partial charge is 0.175 e. The summed E-state index contributed by atoms with van der Waals surface area (Å²) >= 11 is 0. The lowest BCUT2D eigenvalue weighted by atomic mass is 10.1. The molecule has 0 radical (unpaired) electrons. The summed E-state index contributed by atoms with van der Waals surface area (Å²) in [5.41, 5.74) is 1.72. The van der Waals surface area contributed by atoms with E-state index in [-0.39, 0.29) is 5.82 Å².